The molecule has 1 aliphatic carbocycles. The van der Waals surface area contributed by atoms with Crippen LogP contribution < -0.4 is 0 Å². The molecular formula is C14H20O2S. The van der Waals surface area contributed by atoms with Crippen molar-refractivity contribution in [3.8, 4) is 0 Å². The Hall–Kier alpha value is -0.830. The molecule has 0 unspecified atom stereocenters. The number of hydrogen-bond donors (Lipinski definition) is 1. The molecule has 17 heavy (non-hydrogen) atoms. The highest BCUT2D eigenvalue weighted by atomic mass is 32.1. The molecule has 1 aliphatic rings. The van der Waals surface area contributed by atoms with Gasteiger partial charge in [-0.15, -0.1) is 11.3 Å². The van der Waals surface area contributed by atoms with Gasteiger partial charge in [-0.05, 0) is 55.0 Å². The summed E-state index contributed by atoms with van der Waals surface area (Å²) in [6, 6.07) is 2.15. The zero-order chi connectivity index (χ0) is 12.3. The summed E-state index contributed by atoms with van der Waals surface area (Å²) in [6.07, 6.45) is 7.07. The highest BCUT2D eigenvalue weighted by Crippen LogP contribution is 2.45. The van der Waals surface area contributed by atoms with E-state index in [4.69, 9.17) is 5.11 Å². The van der Waals surface area contributed by atoms with E-state index in [0.29, 0.717) is 6.42 Å². The second-order valence-corrected chi connectivity index (χ2v) is 6.31. The van der Waals surface area contributed by atoms with Gasteiger partial charge in [-0.1, -0.05) is 12.8 Å². The maximum atomic E-state index is 11.0. The lowest BCUT2D eigenvalue weighted by atomic mass is 9.78. The average molecular weight is 252 g/mol. The number of carbonyl (C=O) groups is 1. The molecule has 1 aromatic rings. The van der Waals surface area contributed by atoms with Crippen LogP contribution in [0.15, 0.2) is 11.4 Å². The van der Waals surface area contributed by atoms with Gasteiger partial charge in [-0.25, -0.2) is 0 Å². The summed E-state index contributed by atoms with van der Waals surface area (Å²) in [5.74, 6) is -0.630. The highest BCUT2D eigenvalue weighted by molar-refractivity contribution is 7.10. The third kappa shape index (κ3) is 3.09. The Labute approximate surface area is 107 Å². The number of thiophene rings is 1. The molecule has 2 rings (SSSR count). The van der Waals surface area contributed by atoms with Crippen LogP contribution in [0.25, 0.3) is 0 Å². The number of aliphatic carboxylic acids is 1. The number of carboxylic acids is 1. The quantitative estimate of drug-likeness (QED) is 0.859. The van der Waals surface area contributed by atoms with E-state index in [1.165, 1.54) is 23.3 Å². The van der Waals surface area contributed by atoms with E-state index in [1.807, 2.05) is 0 Å². The normalized spacial score (nSPS) is 18.4. The van der Waals surface area contributed by atoms with Crippen LogP contribution in [0.3, 0.4) is 0 Å². The van der Waals surface area contributed by atoms with Crippen LogP contribution >= 0.6 is 11.3 Å². The Kier molecular flexibility index (Phi) is 3.87. The first-order chi connectivity index (χ1) is 8.11. The van der Waals surface area contributed by atoms with E-state index >= 15 is 0 Å². The molecule has 0 aliphatic heterocycles. The molecule has 1 fully saturated rings. The molecule has 1 N–H and O–H groups in total. The van der Waals surface area contributed by atoms with E-state index in [9.17, 15) is 4.79 Å². The van der Waals surface area contributed by atoms with Crippen LogP contribution in [0.1, 0.15) is 49.0 Å². The molecule has 1 heterocycles. The molecule has 0 radical (unpaired) electrons. The van der Waals surface area contributed by atoms with Crippen molar-refractivity contribution in [2.45, 2.75) is 51.9 Å². The van der Waals surface area contributed by atoms with Crippen LogP contribution in [-0.2, 0) is 11.2 Å². The van der Waals surface area contributed by atoms with E-state index in [-0.39, 0.29) is 5.41 Å². The first kappa shape index (κ1) is 12.6. The third-order valence-electron chi connectivity index (χ3n) is 4.04. The minimum absolute atomic E-state index is 0.0856. The summed E-state index contributed by atoms with van der Waals surface area (Å²) >= 11 is 1.80. The SMILES string of the molecule is Cc1ccsc1CCC1(CC(=O)O)CCCC1. The zero-order valence-corrected chi connectivity index (χ0v) is 11.2. The van der Waals surface area contributed by atoms with Crippen LogP contribution in [0.4, 0.5) is 0 Å². The minimum Gasteiger partial charge on any atom is -0.481 e. The van der Waals surface area contributed by atoms with Gasteiger partial charge in [0.25, 0.3) is 0 Å². The van der Waals surface area contributed by atoms with Gasteiger partial charge >= 0.3 is 5.97 Å². The van der Waals surface area contributed by atoms with Crippen LogP contribution in [0.2, 0.25) is 0 Å². The first-order valence-corrected chi connectivity index (χ1v) is 7.24. The maximum Gasteiger partial charge on any atom is 0.303 e. The lowest BCUT2D eigenvalue weighted by Gasteiger charge is -2.27. The maximum absolute atomic E-state index is 11.0. The second-order valence-electron chi connectivity index (χ2n) is 5.30. The van der Waals surface area contributed by atoms with E-state index in [0.717, 1.165) is 25.7 Å². The minimum atomic E-state index is -0.630. The zero-order valence-electron chi connectivity index (χ0n) is 10.4. The predicted molar refractivity (Wildman–Crippen MR) is 70.5 cm³/mol. The van der Waals surface area contributed by atoms with Gasteiger partial charge in [0.05, 0.1) is 6.42 Å². The lowest BCUT2D eigenvalue weighted by Crippen LogP contribution is -2.21. The summed E-state index contributed by atoms with van der Waals surface area (Å²) in [5.41, 5.74) is 1.45. The van der Waals surface area contributed by atoms with Crippen LogP contribution in [0.5, 0.6) is 0 Å². The fourth-order valence-electron chi connectivity index (χ4n) is 3.00. The van der Waals surface area contributed by atoms with Gasteiger partial charge in [0.15, 0.2) is 0 Å². The largest absolute Gasteiger partial charge is 0.481 e. The molecule has 94 valence electrons. The monoisotopic (exact) mass is 252 g/mol. The Morgan fingerprint density at radius 2 is 2.18 bits per heavy atom. The van der Waals surface area contributed by atoms with Gasteiger partial charge in [-0.3, -0.25) is 4.79 Å². The van der Waals surface area contributed by atoms with E-state index < -0.39 is 5.97 Å². The smallest absolute Gasteiger partial charge is 0.303 e. The molecule has 0 atom stereocenters. The lowest BCUT2D eigenvalue weighted by molar-refractivity contribution is -0.139. The van der Waals surface area contributed by atoms with Crippen molar-refractivity contribution in [1.82, 2.24) is 0 Å². The molecule has 0 aromatic carbocycles. The highest BCUT2D eigenvalue weighted by Gasteiger charge is 2.35. The fourth-order valence-corrected chi connectivity index (χ4v) is 3.91. The predicted octanol–water partition coefficient (Wildman–Crippen LogP) is 4.02. The summed E-state index contributed by atoms with van der Waals surface area (Å²) in [5, 5.41) is 11.2. The van der Waals surface area contributed by atoms with E-state index in [1.54, 1.807) is 11.3 Å². The molecule has 3 heteroatoms. The van der Waals surface area contributed by atoms with Crippen molar-refractivity contribution >= 4 is 17.3 Å². The third-order valence-corrected chi connectivity index (χ3v) is 5.12. The van der Waals surface area contributed by atoms with Crippen molar-refractivity contribution in [3.05, 3.63) is 21.9 Å². The number of hydrogen-bond acceptors (Lipinski definition) is 2. The molecule has 0 amide bonds. The molecular weight excluding hydrogens is 232 g/mol. The number of rotatable bonds is 5. The molecule has 0 bridgehead atoms. The molecule has 0 spiro atoms. The molecule has 2 nitrogen and oxygen atoms in total. The summed E-state index contributed by atoms with van der Waals surface area (Å²) in [4.78, 5) is 12.4. The van der Waals surface area contributed by atoms with Gasteiger partial charge < -0.3 is 5.11 Å². The standard InChI is InChI=1S/C14H20O2S/c1-11-5-9-17-12(11)4-8-14(10-13(15)16)6-2-3-7-14/h5,9H,2-4,6-8,10H2,1H3,(H,15,16). The topological polar surface area (TPSA) is 37.3 Å². The molecule has 0 saturated heterocycles. The Morgan fingerprint density at radius 3 is 2.71 bits per heavy atom. The first-order valence-electron chi connectivity index (χ1n) is 6.36. The van der Waals surface area contributed by atoms with Crippen molar-refractivity contribution in [1.29, 1.82) is 0 Å². The molecule has 1 aromatic heterocycles. The average Bonchev–Trinajstić information content (AvgIpc) is 2.85. The second kappa shape index (κ2) is 5.21. The van der Waals surface area contributed by atoms with Crippen molar-refractivity contribution in [2.75, 3.05) is 0 Å². The van der Waals surface area contributed by atoms with Crippen molar-refractivity contribution in [2.24, 2.45) is 5.41 Å². The fraction of sp³-hybridized carbons (Fsp3) is 0.643. The summed E-state index contributed by atoms with van der Waals surface area (Å²) in [6.45, 7) is 2.14. The van der Waals surface area contributed by atoms with Gasteiger partial charge in [0.1, 0.15) is 0 Å². The van der Waals surface area contributed by atoms with Gasteiger partial charge in [-0.2, -0.15) is 0 Å². The number of aryl methyl sites for hydroxylation is 2. The Balaban J connectivity index is 1.99. The van der Waals surface area contributed by atoms with Crippen molar-refractivity contribution in [3.63, 3.8) is 0 Å². The Morgan fingerprint density at radius 1 is 1.47 bits per heavy atom. The summed E-state index contributed by atoms with van der Waals surface area (Å²) in [7, 11) is 0. The summed E-state index contributed by atoms with van der Waals surface area (Å²) < 4.78 is 0. The Bertz CT molecular complexity index is 389. The van der Waals surface area contributed by atoms with Gasteiger partial charge in [0.2, 0.25) is 0 Å². The molecule has 1 saturated carbocycles. The van der Waals surface area contributed by atoms with Crippen LogP contribution in [0, 0.1) is 12.3 Å². The van der Waals surface area contributed by atoms with Crippen molar-refractivity contribution < 1.29 is 9.90 Å². The van der Waals surface area contributed by atoms with E-state index in [2.05, 4.69) is 18.4 Å². The van der Waals surface area contributed by atoms with Crippen LogP contribution in [-0.4, -0.2) is 11.1 Å². The number of carboxylic acid groups (broad SMARTS) is 1. The van der Waals surface area contributed by atoms with Gasteiger partial charge in [0, 0.05) is 4.88 Å².